The Morgan fingerprint density at radius 3 is 2.60 bits per heavy atom. The van der Waals surface area contributed by atoms with Crippen molar-refractivity contribution >= 4 is 43.9 Å². The smallest absolute Gasteiger partial charge is 0.227 e. The number of amides is 1. The Morgan fingerprint density at radius 2 is 1.89 bits per heavy atom. The molecule has 1 amide bonds. The van der Waals surface area contributed by atoms with Crippen LogP contribution in [0.3, 0.4) is 0 Å². The second kappa shape index (κ2) is 10.3. The van der Waals surface area contributed by atoms with Gasteiger partial charge >= 0.3 is 0 Å². The van der Waals surface area contributed by atoms with Gasteiger partial charge in [0.25, 0.3) is 0 Å². The fourth-order valence-corrected chi connectivity index (χ4v) is 5.90. The van der Waals surface area contributed by atoms with Crippen LogP contribution in [0.15, 0.2) is 48.7 Å². The number of benzene rings is 2. The number of fused-ring (bicyclic) bond motifs is 3. The molecule has 4 aromatic rings. The zero-order chi connectivity index (χ0) is 24.4. The molecule has 1 aliphatic heterocycles. The second-order valence-corrected chi connectivity index (χ2v) is 10.2. The minimum absolute atomic E-state index is 0.198. The Balaban J connectivity index is 1.28. The van der Waals surface area contributed by atoms with E-state index in [1.807, 2.05) is 47.4 Å². The third-order valence-electron chi connectivity index (χ3n) is 6.99. The highest BCUT2D eigenvalue weighted by Crippen LogP contribution is 2.31. The van der Waals surface area contributed by atoms with Crippen molar-refractivity contribution in [2.75, 3.05) is 31.1 Å². The number of anilines is 1. The molecule has 1 aliphatic rings. The molecule has 0 spiro atoms. The lowest BCUT2D eigenvalue weighted by atomic mass is 10.1. The van der Waals surface area contributed by atoms with Crippen molar-refractivity contribution in [3.05, 3.63) is 54.2 Å². The molecular formula is C28H32N4O2S. The van der Waals surface area contributed by atoms with Crippen molar-refractivity contribution in [2.24, 2.45) is 0 Å². The van der Waals surface area contributed by atoms with Crippen molar-refractivity contribution in [3.63, 3.8) is 0 Å². The molecule has 1 saturated heterocycles. The number of hydrogen-bond donors (Lipinski definition) is 0. The van der Waals surface area contributed by atoms with Crippen LogP contribution in [0.4, 0.5) is 5.69 Å². The van der Waals surface area contributed by atoms with Gasteiger partial charge in [0.1, 0.15) is 0 Å². The Morgan fingerprint density at radius 1 is 1.09 bits per heavy atom. The van der Waals surface area contributed by atoms with Gasteiger partial charge in [0.15, 0.2) is 10.7 Å². The monoisotopic (exact) mass is 488 g/mol. The number of thiazole rings is 1. The molecule has 0 radical (unpaired) electrons. The Kier molecular flexibility index (Phi) is 6.97. The third kappa shape index (κ3) is 4.88. The Hall–Kier alpha value is -3.03. The van der Waals surface area contributed by atoms with E-state index >= 15 is 0 Å². The fraction of sp³-hybridized carbons (Fsp3) is 0.393. The van der Waals surface area contributed by atoms with Gasteiger partial charge in [0.05, 0.1) is 15.9 Å². The highest BCUT2D eigenvalue weighted by Gasteiger charge is 2.21. The van der Waals surface area contributed by atoms with E-state index in [1.54, 1.807) is 11.3 Å². The van der Waals surface area contributed by atoms with Crippen LogP contribution < -0.4 is 4.90 Å². The van der Waals surface area contributed by atoms with Gasteiger partial charge in [0, 0.05) is 42.4 Å². The van der Waals surface area contributed by atoms with Gasteiger partial charge in [-0.1, -0.05) is 37.3 Å². The first kappa shape index (κ1) is 23.7. The second-order valence-electron chi connectivity index (χ2n) is 9.17. The zero-order valence-electron chi connectivity index (χ0n) is 20.5. The molecule has 35 heavy (non-hydrogen) atoms. The van der Waals surface area contributed by atoms with Crippen molar-refractivity contribution in [1.29, 1.82) is 0 Å². The van der Waals surface area contributed by atoms with Crippen LogP contribution in [0.1, 0.15) is 56.3 Å². The largest absolute Gasteiger partial charge is 0.312 e. The topological polar surface area (TPSA) is 57.9 Å². The molecule has 3 heterocycles. The summed E-state index contributed by atoms with van der Waals surface area (Å²) >= 11 is 1.61. The molecule has 182 valence electrons. The maximum absolute atomic E-state index is 12.8. The first-order chi connectivity index (χ1) is 17.1. The average molecular weight is 489 g/mol. The third-order valence-corrected chi connectivity index (χ3v) is 8.00. The summed E-state index contributed by atoms with van der Waals surface area (Å²) in [5.41, 5.74) is 4.75. The van der Waals surface area contributed by atoms with E-state index in [4.69, 9.17) is 4.98 Å². The van der Waals surface area contributed by atoms with Crippen LogP contribution in [0.2, 0.25) is 0 Å². The summed E-state index contributed by atoms with van der Waals surface area (Å²) in [6.07, 6.45) is 6.19. The fourth-order valence-electron chi connectivity index (χ4n) is 4.85. The number of Topliss-reactive ketones (excluding diaryl/α,β-unsaturated/α-hetero) is 1. The van der Waals surface area contributed by atoms with Crippen LogP contribution in [0.5, 0.6) is 0 Å². The molecule has 0 saturated carbocycles. The number of ketones is 1. The number of carbonyl (C=O) groups excluding carboxylic acids is 2. The minimum Gasteiger partial charge on any atom is -0.312 e. The van der Waals surface area contributed by atoms with Crippen molar-refractivity contribution < 1.29 is 9.59 Å². The predicted octanol–water partition coefficient (Wildman–Crippen LogP) is 6.04. The number of hydrogen-bond acceptors (Lipinski definition) is 5. The van der Waals surface area contributed by atoms with Gasteiger partial charge in [-0.15, -0.1) is 0 Å². The standard InChI is InChI=1S/C28H32N4O2S/c1-3-30(4-2)16-6-5-8-25(33)21-12-15-24-26(18-21)35-28-29-23(19-32(24)28)20-10-13-22(14-11-20)31-17-7-9-27(31)34/h10-15,18-19H,3-9,16-17H2,1-2H3. The van der Waals surface area contributed by atoms with Gasteiger partial charge in [0.2, 0.25) is 5.91 Å². The van der Waals surface area contributed by atoms with Gasteiger partial charge in [-0.2, -0.15) is 0 Å². The van der Waals surface area contributed by atoms with E-state index in [0.29, 0.717) is 12.8 Å². The normalized spacial score (nSPS) is 14.1. The first-order valence-electron chi connectivity index (χ1n) is 12.7. The lowest BCUT2D eigenvalue weighted by Crippen LogP contribution is -2.24. The van der Waals surface area contributed by atoms with E-state index in [1.165, 1.54) is 0 Å². The number of rotatable bonds is 10. The molecule has 0 N–H and O–H groups in total. The number of aromatic nitrogens is 2. The van der Waals surface area contributed by atoms with E-state index in [9.17, 15) is 9.59 Å². The summed E-state index contributed by atoms with van der Waals surface area (Å²) in [6, 6.07) is 14.1. The number of imidazole rings is 1. The summed E-state index contributed by atoms with van der Waals surface area (Å²) < 4.78 is 3.18. The van der Waals surface area contributed by atoms with E-state index in [2.05, 4.69) is 29.3 Å². The molecule has 0 aliphatic carbocycles. The SMILES string of the molecule is CCN(CC)CCCCC(=O)c1ccc2c(c1)sc1nc(-c3ccc(N4CCCC4=O)cc3)cn12. The van der Waals surface area contributed by atoms with Gasteiger partial charge in [-0.3, -0.25) is 14.0 Å². The average Bonchev–Trinajstić information content (AvgIpc) is 3.58. The molecule has 1 fully saturated rings. The molecule has 5 rings (SSSR count). The highest BCUT2D eigenvalue weighted by molar-refractivity contribution is 7.23. The maximum Gasteiger partial charge on any atom is 0.227 e. The van der Waals surface area contributed by atoms with Gasteiger partial charge < -0.3 is 9.80 Å². The molecule has 7 heteroatoms. The van der Waals surface area contributed by atoms with Crippen LogP contribution >= 0.6 is 11.3 Å². The maximum atomic E-state index is 12.8. The lowest BCUT2D eigenvalue weighted by Gasteiger charge is -2.17. The number of nitrogens with zero attached hydrogens (tertiary/aromatic N) is 4. The van der Waals surface area contributed by atoms with Crippen LogP contribution in [-0.2, 0) is 4.79 Å². The highest BCUT2D eigenvalue weighted by atomic mass is 32.1. The van der Waals surface area contributed by atoms with Crippen LogP contribution in [-0.4, -0.2) is 52.2 Å². The molecule has 0 unspecified atom stereocenters. The van der Waals surface area contributed by atoms with Crippen LogP contribution in [0.25, 0.3) is 26.4 Å². The van der Waals surface area contributed by atoms with E-state index < -0.39 is 0 Å². The quantitative estimate of drug-likeness (QED) is 0.202. The molecular weight excluding hydrogens is 456 g/mol. The Labute approximate surface area is 210 Å². The van der Waals surface area contributed by atoms with Crippen LogP contribution in [0, 0.1) is 0 Å². The minimum atomic E-state index is 0.198. The summed E-state index contributed by atoms with van der Waals surface area (Å²) in [5, 5.41) is 0. The summed E-state index contributed by atoms with van der Waals surface area (Å²) in [6.45, 7) is 8.34. The summed E-state index contributed by atoms with van der Waals surface area (Å²) in [4.78, 5) is 34.8. The first-order valence-corrected chi connectivity index (χ1v) is 13.5. The zero-order valence-corrected chi connectivity index (χ0v) is 21.3. The summed E-state index contributed by atoms with van der Waals surface area (Å²) in [5.74, 6) is 0.416. The van der Waals surface area contributed by atoms with Gasteiger partial charge in [-0.05, 0) is 69.2 Å². The van der Waals surface area contributed by atoms with Gasteiger partial charge in [-0.25, -0.2) is 4.98 Å². The number of unbranched alkanes of at least 4 members (excludes halogenated alkanes) is 1. The molecule has 6 nitrogen and oxygen atoms in total. The Bertz CT molecular complexity index is 1350. The lowest BCUT2D eigenvalue weighted by molar-refractivity contribution is -0.117. The summed E-state index contributed by atoms with van der Waals surface area (Å²) in [7, 11) is 0. The number of carbonyl (C=O) groups is 2. The van der Waals surface area contributed by atoms with Crippen molar-refractivity contribution in [2.45, 2.75) is 46.0 Å². The molecule has 2 aromatic heterocycles. The molecule has 0 atom stereocenters. The van der Waals surface area contributed by atoms with Crippen molar-refractivity contribution in [1.82, 2.24) is 14.3 Å². The van der Waals surface area contributed by atoms with E-state index in [-0.39, 0.29) is 11.7 Å². The molecule has 2 aromatic carbocycles. The van der Waals surface area contributed by atoms with E-state index in [0.717, 1.165) is 83.1 Å². The van der Waals surface area contributed by atoms with Crippen molar-refractivity contribution in [3.8, 4) is 11.3 Å². The predicted molar refractivity (Wildman–Crippen MR) is 144 cm³/mol. The molecule has 0 bridgehead atoms.